The Morgan fingerprint density at radius 3 is 2.33 bits per heavy atom. The maximum atomic E-state index is 12.5. The number of hydroxylamine groups is 2. The van der Waals surface area contributed by atoms with E-state index < -0.39 is 13.5 Å². The molecule has 18 heavy (non-hydrogen) atoms. The fourth-order valence-electron chi connectivity index (χ4n) is 2.31. The lowest BCUT2D eigenvalue weighted by Gasteiger charge is -2.24. The van der Waals surface area contributed by atoms with Crippen LogP contribution in [0.15, 0.2) is 0 Å². The molecule has 0 saturated heterocycles. The highest BCUT2D eigenvalue weighted by atomic mass is 31.2. The summed E-state index contributed by atoms with van der Waals surface area (Å²) in [6, 6.07) is -0.290. The van der Waals surface area contributed by atoms with Crippen LogP contribution in [0.2, 0.25) is 0 Å². The Kier molecular flexibility index (Phi) is 5.79. The molecule has 0 spiro atoms. The fourth-order valence-corrected chi connectivity index (χ4v) is 4.49. The van der Waals surface area contributed by atoms with Crippen LogP contribution < -0.4 is 0 Å². The van der Waals surface area contributed by atoms with Gasteiger partial charge in [-0.25, -0.2) is 5.06 Å². The van der Waals surface area contributed by atoms with Gasteiger partial charge < -0.3 is 9.05 Å². The molecule has 0 aromatic heterocycles. The molecule has 1 N–H and O–H groups in total. The van der Waals surface area contributed by atoms with Crippen LogP contribution in [0.1, 0.15) is 40.0 Å². The van der Waals surface area contributed by atoms with Gasteiger partial charge >= 0.3 is 7.60 Å². The molecule has 1 fully saturated rings. The van der Waals surface area contributed by atoms with Crippen molar-refractivity contribution in [3.05, 3.63) is 0 Å². The molecule has 0 radical (unpaired) electrons. The summed E-state index contributed by atoms with van der Waals surface area (Å²) in [4.78, 5) is 11.1. The Bertz CT molecular complexity index is 325. The Labute approximate surface area is 108 Å². The Balaban J connectivity index is 2.68. The summed E-state index contributed by atoms with van der Waals surface area (Å²) in [6.07, 6.45) is 1.70. The quantitative estimate of drug-likeness (QED) is 0.459. The molecule has 0 aliphatic heterocycles. The van der Waals surface area contributed by atoms with Gasteiger partial charge in [-0.05, 0) is 33.1 Å². The molecule has 0 aromatic carbocycles. The van der Waals surface area contributed by atoms with Gasteiger partial charge in [-0.2, -0.15) is 0 Å². The van der Waals surface area contributed by atoms with Gasteiger partial charge in [-0.3, -0.25) is 14.6 Å². The van der Waals surface area contributed by atoms with Crippen molar-refractivity contribution in [1.29, 1.82) is 0 Å². The van der Waals surface area contributed by atoms with Crippen LogP contribution in [0.4, 0.5) is 0 Å². The number of rotatable bonds is 6. The van der Waals surface area contributed by atoms with E-state index in [0.29, 0.717) is 32.5 Å². The molecule has 1 aliphatic carbocycles. The number of amides is 1. The van der Waals surface area contributed by atoms with Crippen molar-refractivity contribution in [1.82, 2.24) is 5.06 Å². The van der Waals surface area contributed by atoms with Crippen molar-refractivity contribution < 1.29 is 23.6 Å². The van der Waals surface area contributed by atoms with Gasteiger partial charge in [0.1, 0.15) is 0 Å². The summed E-state index contributed by atoms with van der Waals surface area (Å²) in [5.74, 6) is -0.400. The van der Waals surface area contributed by atoms with Crippen molar-refractivity contribution in [2.24, 2.45) is 0 Å². The molecule has 1 amide bonds. The normalized spacial score (nSPS) is 24.2. The van der Waals surface area contributed by atoms with E-state index in [1.807, 2.05) is 0 Å². The van der Waals surface area contributed by atoms with E-state index in [1.54, 1.807) is 13.8 Å². The fraction of sp³-hybridized carbons (Fsp3) is 0.909. The third-order valence-corrected chi connectivity index (χ3v) is 5.71. The van der Waals surface area contributed by atoms with Crippen molar-refractivity contribution in [3.8, 4) is 0 Å². The average molecular weight is 279 g/mol. The van der Waals surface area contributed by atoms with E-state index in [0.717, 1.165) is 5.06 Å². The van der Waals surface area contributed by atoms with Gasteiger partial charge in [0.2, 0.25) is 5.91 Å². The number of carbonyl (C=O) groups excluding carboxylic acids is 1. The molecule has 106 valence electrons. The first-order chi connectivity index (χ1) is 8.44. The minimum Gasteiger partial charge on any atom is -0.309 e. The summed E-state index contributed by atoms with van der Waals surface area (Å²) >= 11 is 0. The largest absolute Gasteiger partial charge is 0.333 e. The first-order valence-electron chi connectivity index (χ1n) is 6.32. The first kappa shape index (κ1) is 15.6. The predicted molar refractivity (Wildman–Crippen MR) is 66.6 cm³/mol. The Morgan fingerprint density at radius 2 is 1.89 bits per heavy atom. The van der Waals surface area contributed by atoms with E-state index in [-0.39, 0.29) is 11.7 Å². The van der Waals surface area contributed by atoms with E-state index >= 15 is 0 Å². The van der Waals surface area contributed by atoms with E-state index in [9.17, 15) is 14.6 Å². The summed E-state index contributed by atoms with van der Waals surface area (Å²) in [6.45, 7) is 5.50. The number of hydrogen-bond donors (Lipinski definition) is 1. The highest BCUT2D eigenvalue weighted by molar-refractivity contribution is 7.54. The first-order valence-corrected chi connectivity index (χ1v) is 7.93. The highest BCUT2D eigenvalue weighted by Crippen LogP contribution is 2.58. The Hall–Kier alpha value is -0.420. The molecule has 0 unspecified atom stereocenters. The lowest BCUT2D eigenvalue weighted by molar-refractivity contribution is -0.172. The maximum absolute atomic E-state index is 12.5. The summed E-state index contributed by atoms with van der Waals surface area (Å²) in [5.41, 5.74) is -0.239. The van der Waals surface area contributed by atoms with Crippen LogP contribution in [0.25, 0.3) is 0 Å². The van der Waals surface area contributed by atoms with Gasteiger partial charge in [0, 0.05) is 6.92 Å². The van der Waals surface area contributed by atoms with E-state index in [4.69, 9.17) is 9.05 Å². The number of hydrogen-bond acceptors (Lipinski definition) is 5. The standard InChI is InChI=1S/C11H22NO5P/c1-4-16-18(15,17-5-2)11-7-6-10(8-11)12(14)9(3)13/h10-11,14H,4-8H2,1-3H3/t10-,11-/m1/s1. The van der Waals surface area contributed by atoms with Crippen molar-refractivity contribution in [3.63, 3.8) is 0 Å². The van der Waals surface area contributed by atoms with Gasteiger partial charge in [-0.1, -0.05) is 0 Å². The second-order valence-corrected chi connectivity index (χ2v) is 6.69. The molecule has 2 atom stereocenters. The third-order valence-electron chi connectivity index (χ3n) is 3.11. The second-order valence-electron chi connectivity index (χ2n) is 4.36. The molecule has 0 bridgehead atoms. The SMILES string of the molecule is CCOP(=O)(OCC)[C@@H]1CC[C@@H](N(O)C(C)=O)C1. The molecule has 7 heteroatoms. The van der Waals surface area contributed by atoms with Crippen LogP contribution >= 0.6 is 7.60 Å². The topological polar surface area (TPSA) is 76.1 Å². The molecule has 0 aromatic rings. The minimum absolute atomic E-state index is 0.239. The highest BCUT2D eigenvalue weighted by Gasteiger charge is 2.42. The molecular weight excluding hydrogens is 257 g/mol. The van der Waals surface area contributed by atoms with Crippen molar-refractivity contribution >= 4 is 13.5 Å². The van der Waals surface area contributed by atoms with Crippen LogP contribution in [0, 0.1) is 0 Å². The third kappa shape index (κ3) is 3.54. The van der Waals surface area contributed by atoms with E-state index in [2.05, 4.69) is 0 Å². The summed E-state index contributed by atoms with van der Waals surface area (Å²) in [5, 5.41) is 10.3. The van der Waals surface area contributed by atoms with Gasteiger partial charge in [0.05, 0.1) is 24.9 Å². The van der Waals surface area contributed by atoms with Crippen molar-refractivity contribution in [2.75, 3.05) is 13.2 Å². The monoisotopic (exact) mass is 279 g/mol. The van der Waals surface area contributed by atoms with Crippen LogP contribution in [0.3, 0.4) is 0 Å². The number of nitrogens with zero attached hydrogens (tertiary/aromatic N) is 1. The molecule has 0 heterocycles. The second kappa shape index (κ2) is 6.66. The minimum atomic E-state index is -3.12. The zero-order chi connectivity index (χ0) is 13.8. The smallest absolute Gasteiger partial charge is 0.309 e. The van der Waals surface area contributed by atoms with Gasteiger partial charge in [0.15, 0.2) is 0 Å². The van der Waals surface area contributed by atoms with Crippen LogP contribution in [-0.2, 0) is 18.4 Å². The van der Waals surface area contributed by atoms with Crippen molar-refractivity contribution in [2.45, 2.75) is 51.7 Å². The Morgan fingerprint density at radius 1 is 1.33 bits per heavy atom. The summed E-state index contributed by atoms with van der Waals surface area (Å²) < 4.78 is 23.1. The maximum Gasteiger partial charge on any atom is 0.333 e. The molecule has 1 saturated carbocycles. The molecule has 1 aliphatic rings. The molecule has 1 rings (SSSR count). The van der Waals surface area contributed by atoms with Gasteiger partial charge in [0.25, 0.3) is 0 Å². The van der Waals surface area contributed by atoms with E-state index in [1.165, 1.54) is 6.92 Å². The van der Waals surface area contributed by atoms with Crippen LogP contribution in [-0.4, -0.2) is 41.1 Å². The zero-order valence-electron chi connectivity index (χ0n) is 11.2. The summed E-state index contributed by atoms with van der Waals surface area (Å²) in [7, 11) is -3.12. The lowest BCUT2D eigenvalue weighted by atomic mass is 10.2. The van der Waals surface area contributed by atoms with Gasteiger partial charge in [-0.15, -0.1) is 0 Å². The lowest BCUT2D eigenvalue weighted by Crippen LogP contribution is -2.34. The van der Waals surface area contributed by atoms with Crippen LogP contribution in [0.5, 0.6) is 0 Å². The zero-order valence-corrected chi connectivity index (χ0v) is 12.1. The average Bonchev–Trinajstić information content (AvgIpc) is 2.78. The molecule has 6 nitrogen and oxygen atoms in total. The molecular formula is C11H22NO5P. The predicted octanol–water partition coefficient (Wildman–Crippen LogP) is 2.41. The number of carbonyl (C=O) groups is 1.